The molecule has 8 atom stereocenters. The standard InChI is InChI=1S/C25H44O3/c1-16(2)28-25-14-10-18-19-7-8-21(22(3,4)27)23(19,5)12-11-20(18)24(25,6)13-9-17(26)15-25/h16-21,26-27H,7-15H2,1-6H3/t17-,18+,19+,20+,21-,23+,24-,25-/m1/s1. The molecule has 0 saturated heterocycles. The number of hydrogen-bond acceptors (Lipinski definition) is 3. The SMILES string of the molecule is CC(C)O[C@@]12CC[C@H]3[C@@H]4CC[C@H](C(C)(C)O)[C@@]4(C)CC[C@@H]3[C@@]1(C)CC[C@@H](O)C2. The van der Waals surface area contributed by atoms with E-state index in [4.69, 9.17) is 4.74 Å². The second-order valence-electron chi connectivity index (χ2n) is 12.2. The molecule has 0 aromatic carbocycles. The summed E-state index contributed by atoms with van der Waals surface area (Å²) >= 11 is 0. The number of aliphatic hydroxyl groups excluding tert-OH is 1. The molecule has 28 heavy (non-hydrogen) atoms. The van der Waals surface area contributed by atoms with Gasteiger partial charge < -0.3 is 14.9 Å². The first-order chi connectivity index (χ1) is 12.9. The number of hydrogen-bond donors (Lipinski definition) is 2. The normalized spacial score (nSPS) is 51.5. The van der Waals surface area contributed by atoms with Gasteiger partial charge in [-0.15, -0.1) is 0 Å². The zero-order valence-corrected chi connectivity index (χ0v) is 19.1. The van der Waals surface area contributed by atoms with Crippen LogP contribution in [0.2, 0.25) is 0 Å². The number of fused-ring (bicyclic) bond motifs is 5. The summed E-state index contributed by atoms with van der Waals surface area (Å²) in [6.45, 7) is 13.4. The molecule has 4 fully saturated rings. The maximum atomic E-state index is 10.9. The zero-order valence-electron chi connectivity index (χ0n) is 19.1. The first-order valence-corrected chi connectivity index (χ1v) is 12.0. The van der Waals surface area contributed by atoms with Crippen molar-refractivity contribution in [2.24, 2.45) is 34.5 Å². The number of ether oxygens (including phenoxy) is 1. The fourth-order valence-corrected chi connectivity index (χ4v) is 9.06. The third-order valence-electron chi connectivity index (χ3n) is 10.1. The van der Waals surface area contributed by atoms with E-state index in [9.17, 15) is 10.2 Å². The summed E-state index contributed by atoms with van der Waals surface area (Å²) in [4.78, 5) is 0. The van der Waals surface area contributed by atoms with Crippen molar-refractivity contribution in [3.8, 4) is 0 Å². The Balaban J connectivity index is 1.66. The molecule has 0 spiro atoms. The largest absolute Gasteiger partial charge is 0.393 e. The van der Waals surface area contributed by atoms with Crippen LogP contribution in [0.1, 0.15) is 99.3 Å². The van der Waals surface area contributed by atoms with Crippen LogP contribution in [-0.2, 0) is 4.74 Å². The molecule has 2 N–H and O–H groups in total. The van der Waals surface area contributed by atoms with E-state index in [2.05, 4.69) is 27.7 Å². The molecule has 4 aliphatic carbocycles. The molecule has 3 nitrogen and oxygen atoms in total. The van der Waals surface area contributed by atoms with Gasteiger partial charge in [0.15, 0.2) is 0 Å². The number of rotatable bonds is 3. The van der Waals surface area contributed by atoms with E-state index >= 15 is 0 Å². The minimum absolute atomic E-state index is 0.151. The average Bonchev–Trinajstić information content (AvgIpc) is 2.93. The smallest absolute Gasteiger partial charge is 0.0766 e. The van der Waals surface area contributed by atoms with Crippen LogP contribution in [0.15, 0.2) is 0 Å². The van der Waals surface area contributed by atoms with Crippen LogP contribution in [0.5, 0.6) is 0 Å². The van der Waals surface area contributed by atoms with Crippen LogP contribution < -0.4 is 0 Å². The van der Waals surface area contributed by atoms with Gasteiger partial charge in [-0.05, 0) is 114 Å². The molecule has 0 heterocycles. The van der Waals surface area contributed by atoms with E-state index in [0.29, 0.717) is 11.8 Å². The van der Waals surface area contributed by atoms with Gasteiger partial charge in [-0.2, -0.15) is 0 Å². The van der Waals surface area contributed by atoms with Crippen molar-refractivity contribution in [3.05, 3.63) is 0 Å². The van der Waals surface area contributed by atoms with Crippen LogP contribution in [0.4, 0.5) is 0 Å². The van der Waals surface area contributed by atoms with Crippen molar-refractivity contribution in [2.45, 2.75) is 123 Å². The molecule has 0 unspecified atom stereocenters. The highest BCUT2D eigenvalue weighted by Crippen LogP contribution is 2.70. The maximum Gasteiger partial charge on any atom is 0.0766 e. The Morgan fingerprint density at radius 1 is 0.929 bits per heavy atom. The molecular formula is C25H44O3. The van der Waals surface area contributed by atoms with Crippen molar-refractivity contribution < 1.29 is 14.9 Å². The topological polar surface area (TPSA) is 49.7 Å². The zero-order chi connectivity index (χ0) is 20.5. The van der Waals surface area contributed by atoms with Crippen molar-refractivity contribution in [2.75, 3.05) is 0 Å². The van der Waals surface area contributed by atoms with E-state index in [-0.39, 0.29) is 28.6 Å². The van der Waals surface area contributed by atoms with Crippen molar-refractivity contribution in [1.29, 1.82) is 0 Å². The highest BCUT2D eigenvalue weighted by molar-refractivity contribution is 5.16. The second-order valence-corrected chi connectivity index (χ2v) is 12.2. The molecular weight excluding hydrogens is 348 g/mol. The molecule has 4 rings (SSSR count). The summed E-state index contributed by atoms with van der Waals surface area (Å²) in [5.41, 5.74) is -0.271. The predicted molar refractivity (Wildman–Crippen MR) is 113 cm³/mol. The average molecular weight is 393 g/mol. The summed E-state index contributed by atoms with van der Waals surface area (Å²) in [5, 5.41) is 21.4. The highest BCUT2D eigenvalue weighted by Gasteiger charge is 2.66. The summed E-state index contributed by atoms with van der Waals surface area (Å²) in [6, 6.07) is 0. The lowest BCUT2D eigenvalue weighted by Crippen LogP contribution is -2.64. The molecule has 162 valence electrons. The van der Waals surface area contributed by atoms with Crippen molar-refractivity contribution in [3.63, 3.8) is 0 Å². The lowest BCUT2D eigenvalue weighted by molar-refractivity contribution is -0.256. The molecule has 0 amide bonds. The van der Waals surface area contributed by atoms with E-state index in [1.165, 1.54) is 32.1 Å². The molecule has 4 saturated carbocycles. The molecule has 0 aromatic heterocycles. The Labute approximate surface area is 172 Å². The Hall–Kier alpha value is -0.120. The minimum Gasteiger partial charge on any atom is -0.393 e. The first kappa shape index (κ1) is 21.1. The van der Waals surface area contributed by atoms with E-state index in [0.717, 1.165) is 37.5 Å². The minimum atomic E-state index is -0.575. The van der Waals surface area contributed by atoms with Gasteiger partial charge in [-0.1, -0.05) is 13.8 Å². The summed E-state index contributed by atoms with van der Waals surface area (Å²) < 4.78 is 6.72. The van der Waals surface area contributed by atoms with Gasteiger partial charge in [0, 0.05) is 6.42 Å². The van der Waals surface area contributed by atoms with E-state index < -0.39 is 5.60 Å². The Morgan fingerprint density at radius 3 is 2.29 bits per heavy atom. The van der Waals surface area contributed by atoms with Gasteiger partial charge in [0.25, 0.3) is 0 Å². The van der Waals surface area contributed by atoms with Gasteiger partial charge in [-0.25, -0.2) is 0 Å². The highest BCUT2D eigenvalue weighted by atomic mass is 16.5. The predicted octanol–water partition coefficient (Wildman–Crippen LogP) is 5.32. The number of aliphatic hydroxyl groups is 2. The Kier molecular flexibility index (Phi) is 5.05. The molecule has 3 heteroatoms. The van der Waals surface area contributed by atoms with Gasteiger partial charge in [-0.3, -0.25) is 0 Å². The lowest BCUT2D eigenvalue weighted by atomic mass is 9.43. The fourth-order valence-electron chi connectivity index (χ4n) is 9.06. The summed E-state index contributed by atoms with van der Waals surface area (Å²) in [7, 11) is 0. The first-order valence-electron chi connectivity index (χ1n) is 12.0. The monoisotopic (exact) mass is 392 g/mol. The van der Waals surface area contributed by atoms with E-state index in [1.807, 2.05) is 13.8 Å². The van der Waals surface area contributed by atoms with Crippen LogP contribution in [-0.4, -0.2) is 33.6 Å². The van der Waals surface area contributed by atoms with Crippen LogP contribution in [0, 0.1) is 34.5 Å². The van der Waals surface area contributed by atoms with Gasteiger partial charge in [0.2, 0.25) is 0 Å². The molecule has 0 aromatic rings. The molecule has 0 bridgehead atoms. The fraction of sp³-hybridized carbons (Fsp3) is 1.00. The van der Waals surface area contributed by atoms with Gasteiger partial charge in [0.05, 0.1) is 23.4 Å². The Morgan fingerprint density at radius 2 is 1.64 bits per heavy atom. The third-order valence-corrected chi connectivity index (χ3v) is 10.1. The van der Waals surface area contributed by atoms with Crippen molar-refractivity contribution in [1.82, 2.24) is 0 Å². The maximum absolute atomic E-state index is 10.9. The van der Waals surface area contributed by atoms with Crippen LogP contribution in [0.3, 0.4) is 0 Å². The summed E-state index contributed by atoms with van der Waals surface area (Å²) in [5.74, 6) is 2.62. The van der Waals surface area contributed by atoms with Crippen LogP contribution >= 0.6 is 0 Å². The molecule has 4 aliphatic rings. The Bertz CT molecular complexity index is 591. The second kappa shape index (κ2) is 6.69. The third kappa shape index (κ3) is 2.94. The molecule has 0 aliphatic heterocycles. The molecule has 0 radical (unpaired) electrons. The van der Waals surface area contributed by atoms with Crippen molar-refractivity contribution >= 4 is 0 Å². The lowest BCUT2D eigenvalue weighted by Gasteiger charge is -2.66. The van der Waals surface area contributed by atoms with Gasteiger partial charge in [0.1, 0.15) is 0 Å². The van der Waals surface area contributed by atoms with Gasteiger partial charge >= 0.3 is 0 Å². The summed E-state index contributed by atoms with van der Waals surface area (Å²) in [6.07, 6.45) is 10.1. The van der Waals surface area contributed by atoms with Crippen LogP contribution in [0.25, 0.3) is 0 Å². The van der Waals surface area contributed by atoms with E-state index in [1.54, 1.807) is 0 Å². The quantitative estimate of drug-likeness (QED) is 0.683.